The summed E-state index contributed by atoms with van der Waals surface area (Å²) in [6.45, 7) is 12.5. The first-order valence-corrected chi connectivity index (χ1v) is 11.4. The van der Waals surface area contributed by atoms with Gasteiger partial charge in [-0.25, -0.2) is 0 Å². The van der Waals surface area contributed by atoms with Crippen LogP contribution < -0.4 is 0 Å². The maximum Gasteiger partial charge on any atom is 0.224 e. The molecule has 0 aliphatic carbocycles. The Labute approximate surface area is 167 Å². The summed E-state index contributed by atoms with van der Waals surface area (Å²) in [5.74, 6) is 0.435. The third-order valence-electron chi connectivity index (χ3n) is 5.61. The summed E-state index contributed by atoms with van der Waals surface area (Å²) in [6.07, 6.45) is 10.6. The van der Waals surface area contributed by atoms with Gasteiger partial charge in [0.05, 0.1) is 0 Å². The topological polar surface area (TPSA) is 43.9 Å². The Kier molecular flexibility index (Phi) is 13.2. The summed E-state index contributed by atoms with van der Waals surface area (Å²) in [6, 6.07) is 0. The fraction of sp³-hybridized carbons (Fsp3) is 0.909. The van der Waals surface area contributed by atoms with Crippen molar-refractivity contribution in [1.82, 2.24) is 14.7 Å². The second kappa shape index (κ2) is 14.9. The Hall–Kier alpha value is -1.10. The summed E-state index contributed by atoms with van der Waals surface area (Å²) in [5.41, 5.74) is 0. The fourth-order valence-electron chi connectivity index (χ4n) is 3.72. The predicted octanol–water partition coefficient (Wildman–Crippen LogP) is 3.92. The number of likely N-dealkylation sites (N-methyl/N-ethyl adjacent to an activating group) is 1. The highest BCUT2D eigenvalue weighted by molar-refractivity contribution is 5.79. The fourth-order valence-corrected chi connectivity index (χ4v) is 3.72. The summed E-state index contributed by atoms with van der Waals surface area (Å²) >= 11 is 0. The van der Waals surface area contributed by atoms with Gasteiger partial charge in [-0.05, 0) is 19.4 Å². The van der Waals surface area contributed by atoms with Crippen LogP contribution in [0, 0.1) is 0 Å². The minimum atomic E-state index is 0.204. The number of nitrogens with zero attached hydrogens (tertiary/aromatic N) is 3. The quantitative estimate of drug-likeness (QED) is 0.428. The molecule has 0 atom stereocenters. The Morgan fingerprint density at radius 2 is 1.37 bits per heavy atom. The van der Waals surface area contributed by atoms with Gasteiger partial charge in [0.25, 0.3) is 0 Å². The molecule has 27 heavy (non-hydrogen) atoms. The van der Waals surface area contributed by atoms with Crippen LogP contribution in [0.5, 0.6) is 0 Å². The van der Waals surface area contributed by atoms with Gasteiger partial charge >= 0.3 is 0 Å². The van der Waals surface area contributed by atoms with Gasteiger partial charge in [-0.3, -0.25) is 9.59 Å². The van der Waals surface area contributed by atoms with Gasteiger partial charge in [0.15, 0.2) is 0 Å². The zero-order chi connectivity index (χ0) is 19.9. The molecule has 2 amide bonds. The van der Waals surface area contributed by atoms with Gasteiger partial charge in [0.1, 0.15) is 0 Å². The van der Waals surface area contributed by atoms with E-state index in [0.29, 0.717) is 19.4 Å². The van der Waals surface area contributed by atoms with E-state index in [1.807, 2.05) is 9.80 Å². The smallest absolute Gasteiger partial charge is 0.224 e. The van der Waals surface area contributed by atoms with E-state index in [-0.39, 0.29) is 11.8 Å². The number of amides is 2. The van der Waals surface area contributed by atoms with E-state index in [2.05, 4.69) is 25.7 Å². The minimum absolute atomic E-state index is 0.204. The summed E-state index contributed by atoms with van der Waals surface area (Å²) < 4.78 is 0. The molecule has 0 N–H and O–H groups in total. The molecule has 5 heteroatoms. The second-order valence-corrected chi connectivity index (χ2v) is 7.82. The molecule has 0 bridgehead atoms. The first-order valence-electron chi connectivity index (χ1n) is 11.4. The number of carbonyl (C=O) groups is 2. The molecule has 1 saturated heterocycles. The molecule has 1 aliphatic heterocycles. The molecule has 5 nitrogen and oxygen atoms in total. The lowest BCUT2D eigenvalue weighted by Gasteiger charge is -2.34. The van der Waals surface area contributed by atoms with Gasteiger partial charge < -0.3 is 14.7 Å². The zero-order valence-electron chi connectivity index (χ0n) is 18.2. The van der Waals surface area contributed by atoms with Crippen molar-refractivity contribution in [2.24, 2.45) is 0 Å². The van der Waals surface area contributed by atoms with Gasteiger partial charge in [0, 0.05) is 52.1 Å². The lowest BCUT2D eigenvalue weighted by molar-refractivity contribution is -0.135. The molecule has 1 heterocycles. The van der Waals surface area contributed by atoms with Crippen molar-refractivity contribution < 1.29 is 9.59 Å². The predicted molar refractivity (Wildman–Crippen MR) is 113 cm³/mol. The van der Waals surface area contributed by atoms with E-state index >= 15 is 0 Å². The van der Waals surface area contributed by atoms with Crippen molar-refractivity contribution >= 4 is 11.8 Å². The maximum atomic E-state index is 12.5. The largest absolute Gasteiger partial charge is 0.342 e. The lowest BCUT2D eigenvalue weighted by atomic mass is 10.1. The summed E-state index contributed by atoms with van der Waals surface area (Å²) in [4.78, 5) is 31.3. The van der Waals surface area contributed by atoms with Crippen LogP contribution in [0.4, 0.5) is 0 Å². The molecular formula is C22H43N3O2. The van der Waals surface area contributed by atoms with Crippen LogP contribution in [-0.2, 0) is 9.59 Å². The molecule has 158 valence electrons. The van der Waals surface area contributed by atoms with Crippen molar-refractivity contribution in [3.63, 3.8) is 0 Å². The first-order chi connectivity index (χ1) is 13.1. The van der Waals surface area contributed by atoms with Crippen LogP contribution in [0.15, 0.2) is 0 Å². The number of piperazine rings is 1. The molecule has 0 saturated carbocycles. The number of hydrogen-bond donors (Lipinski definition) is 0. The molecule has 0 aromatic rings. The highest BCUT2D eigenvalue weighted by Gasteiger charge is 2.21. The molecule has 0 spiro atoms. The van der Waals surface area contributed by atoms with Gasteiger partial charge in [0.2, 0.25) is 11.8 Å². The minimum Gasteiger partial charge on any atom is -0.342 e. The van der Waals surface area contributed by atoms with Crippen molar-refractivity contribution in [3.05, 3.63) is 0 Å². The molecule has 0 aromatic carbocycles. The first kappa shape index (κ1) is 23.9. The van der Waals surface area contributed by atoms with Crippen molar-refractivity contribution in [2.75, 3.05) is 45.8 Å². The van der Waals surface area contributed by atoms with E-state index in [0.717, 1.165) is 58.5 Å². The van der Waals surface area contributed by atoms with Crippen molar-refractivity contribution in [2.45, 2.75) is 85.0 Å². The molecule has 0 radical (unpaired) electrons. The monoisotopic (exact) mass is 381 g/mol. The molecule has 1 rings (SSSR count). The van der Waals surface area contributed by atoms with Crippen LogP contribution in [0.1, 0.15) is 85.0 Å². The van der Waals surface area contributed by atoms with Crippen molar-refractivity contribution in [3.8, 4) is 0 Å². The molecular weight excluding hydrogens is 338 g/mol. The highest BCUT2D eigenvalue weighted by atomic mass is 16.2. The molecule has 0 aromatic heterocycles. The van der Waals surface area contributed by atoms with E-state index in [9.17, 15) is 9.59 Å². The number of carbonyl (C=O) groups excluding carboxylic acids is 2. The van der Waals surface area contributed by atoms with Gasteiger partial charge in [-0.2, -0.15) is 0 Å². The van der Waals surface area contributed by atoms with Crippen molar-refractivity contribution in [1.29, 1.82) is 0 Å². The average molecular weight is 382 g/mol. The lowest BCUT2D eigenvalue weighted by Crippen LogP contribution is -2.49. The molecule has 1 aliphatic rings. The van der Waals surface area contributed by atoms with Crippen LogP contribution in [-0.4, -0.2) is 72.3 Å². The van der Waals surface area contributed by atoms with E-state index in [1.165, 1.54) is 32.1 Å². The third kappa shape index (κ3) is 10.1. The number of rotatable bonds is 14. The van der Waals surface area contributed by atoms with E-state index in [1.54, 1.807) is 0 Å². The van der Waals surface area contributed by atoms with E-state index < -0.39 is 0 Å². The van der Waals surface area contributed by atoms with Gasteiger partial charge in [-0.1, -0.05) is 59.3 Å². The Morgan fingerprint density at radius 3 is 1.96 bits per heavy atom. The Morgan fingerprint density at radius 1 is 0.741 bits per heavy atom. The highest BCUT2D eigenvalue weighted by Crippen LogP contribution is 2.11. The SMILES string of the molecule is CCCCCCCCCC(=O)N(CCC)CCC(=O)N1CCN(CC)CC1. The summed E-state index contributed by atoms with van der Waals surface area (Å²) in [5, 5.41) is 0. The maximum absolute atomic E-state index is 12.5. The van der Waals surface area contributed by atoms with E-state index in [4.69, 9.17) is 0 Å². The van der Waals surface area contributed by atoms with Crippen LogP contribution >= 0.6 is 0 Å². The second-order valence-electron chi connectivity index (χ2n) is 7.82. The molecule has 0 unspecified atom stereocenters. The zero-order valence-corrected chi connectivity index (χ0v) is 18.2. The number of unbranched alkanes of at least 4 members (excludes halogenated alkanes) is 6. The van der Waals surface area contributed by atoms with Crippen LogP contribution in [0.25, 0.3) is 0 Å². The molecule has 1 fully saturated rings. The Bertz CT molecular complexity index is 406. The van der Waals surface area contributed by atoms with Gasteiger partial charge in [-0.15, -0.1) is 0 Å². The van der Waals surface area contributed by atoms with Crippen LogP contribution in [0.2, 0.25) is 0 Å². The van der Waals surface area contributed by atoms with Crippen LogP contribution in [0.3, 0.4) is 0 Å². The Balaban J connectivity index is 2.25. The summed E-state index contributed by atoms with van der Waals surface area (Å²) in [7, 11) is 0. The average Bonchev–Trinajstić information content (AvgIpc) is 2.70. The normalized spacial score (nSPS) is 15.1. The third-order valence-corrected chi connectivity index (χ3v) is 5.61. The number of hydrogen-bond acceptors (Lipinski definition) is 3. The standard InChI is InChI=1S/C22H43N3O2/c1-4-7-8-9-10-11-12-13-21(26)24(15-5-2)16-14-22(27)25-19-17-23(6-3)18-20-25/h4-20H2,1-3H3.